The van der Waals surface area contributed by atoms with Crippen LogP contribution in [0.3, 0.4) is 0 Å². The third-order valence-electron chi connectivity index (χ3n) is 7.92. The number of aromatic nitrogens is 1. The summed E-state index contributed by atoms with van der Waals surface area (Å²) in [6, 6.07) is 8.66. The molecule has 3 aliphatic rings. The molecule has 1 aliphatic carbocycles. The maximum Gasteiger partial charge on any atom is 0.270 e. The largest absolute Gasteiger partial charge is 0.497 e. The second-order valence-corrected chi connectivity index (χ2v) is 9.56. The quantitative estimate of drug-likeness (QED) is 0.846. The van der Waals surface area contributed by atoms with Crippen molar-refractivity contribution in [3.05, 3.63) is 52.3 Å². The van der Waals surface area contributed by atoms with E-state index >= 15 is 0 Å². The smallest absolute Gasteiger partial charge is 0.270 e. The first-order valence-electron chi connectivity index (χ1n) is 11.3. The number of hydrogen-bond acceptors (Lipinski definition) is 3. The lowest BCUT2D eigenvalue weighted by Gasteiger charge is -2.50. The monoisotopic (exact) mass is 407 g/mol. The highest BCUT2D eigenvalue weighted by Gasteiger charge is 2.48. The van der Waals surface area contributed by atoms with Crippen LogP contribution in [0.2, 0.25) is 0 Å². The highest BCUT2D eigenvalue weighted by molar-refractivity contribution is 5.94. The van der Waals surface area contributed by atoms with Gasteiger partial charge in [-0.1, -0.05) is 12.1 Å². The molecule has 0 saturated carbocycles. The number of rotatable bonds is 3. The number of nitrogens with zero attached hydrogens (tertiary/aromatic N) is 2. The second-order valence-electron chi connectivity index (χ2n) is 9.56. The molecule has 1 aromatic carbocycles. The molecule has 0 unspecified atom stereocenters. The number of benzene rings is 1. The van der Waals surface area contributed by atoms with E-state index in [-0.39, 0.29) is 11.3 Å². The Morgan fingerprint density at radius 3 is 2.80 bits per heavy atom. The van der Waals surface area contributed by atoms with Crippen LogP contribution in [0.25, 0.3) is 0 Å². The van der Waals surface area contributed by atoms with Gasteiger partial charge in [-0.25, -0.2) is 0 Å². The Kier molecular flexibility index (Phi) is 4.89. The van der Waals surface area contributed by atoms with Gasteiger partial charge < -0.3 is 19.5 Å². The first-order valence-corrected chi connectivity index (χ1v) is 11.3. The van der Waals surface area contributed by atoms with E-state index in [1.165, 1.54) is 22.4 Å². The Balaban J connectivity index is 1.56. The summed E-state index contributed by atoms with van der Waals surface area (Å²) in [7, 11) is 3.98. The fraction of sp³-hybridized carbons (Fsp3) is 0.560. The molecule has 1 N–H and O–H groups in total. The molecule has 0 bridgehead atoms. The zero-order valence-electron chi connectivity index (χ0n) is 18.5. The van der Waals surface area contributed by atoms with Crippen LogP contribution < -0.4 is 4.74 Å². The van der Waals surface area contributed by atoms with Gasteiger partial charge in [0, 0.05) is 30.7 Å². The Hall–Kier alpha value is -2.27. The molecule has 160 valence electrons. The summed E-state index contributed by atoms with van der Waals surface area (Å²) in [5.41, 5.74) is 6.14. The number of ether oxygens (including phenoxy) is 1. The average Bonchev–Trinajstić information content (AvgIpc) is 3.41. The lowest BCUT2D eigenvalue weighted by atomic mass is 9.58. The highest BCUT2D eigenvalue weighted by Crippen LogP contribution is 2.49. The lowest BCUT2D eigenvalue weighted by Crippen LogP contribution is -2.52. The van der Waals surface area contributed by atoms with E-state index in [1.807, 2.05) is 11.0 Å². The van der Waals surface area contributed by atoms with E-state index in [9.17, 15) is 4.79 Å². The van der Waals surface area contributed by atoms with Gasteiger partial charge in [0.15, 0.2) is 0 Å². The summed E-state index contributed by atoms with van der Waals surface area (Å²) in [4.78, 5) is 21.2. The summed E-state index contributed by atoms with van der Waals surface area (Å²) in [5.74, 6) is 1.66. The van der Waals surface area contributed by atoms with Crippen LogP contribution in [0.5, 0.6) is 5.75 Å². The molecular formula is C25H33N3O2. The van der Waals surface area contributed by atoms with Crippen LogP contribution in [-0.2, 0) is 18.3 Å². The van der Waals surface area contributed by atoms with Crippen LogP contribution >= 0.6 is 0 Å². The second kappa shape index (κ2) is 7.45. The van der Waals surface area contributed by atoms with Crippen molar-refractivity contribution in [2.24, 2.45) is 5.92 Å². The van der Waals surface area contributed by atoms with E-state index < -0.39 is 0 Å². The van der Waals surface area contributed by atoms with E-state index in [2.05, 4.69) is 42.1 Å². The standard InChI is InChI=1S/C25H33N3O2/c1-17-21-14-19-16-27(2)12-9-25(19,18-7-6-8-20(13-18)30-3)15-22(21)26-23(17)24(29)28-10-4-5-11-28/h6-8,13,19,26H,4-5,9-12,14-16H2,1-3H3/t19-,25+/m1/s1. The number of nitrogens with one attached hydrogen (secondary N) is 1. The van der Waals surface area contributed by atoms with Gasteiger partial charge in [0.05, 0.1) is 7.11 Å². The van der Waals surface area contributed by atoms with Crippen LogP contribution in [0.15, 0.2) is 24.3 Å². The fourth-order valence-electron chi connectivity index (χ4n) is 6.12. The number of aromatic amines is 1. The summed E-state index contributed by atoms with van der Waals surface area (Å²) in [5, 5.41) is 0. The number of fused-ring (bicyclic) bond motifs is 2. The molecule has 5 rings (SSSR count). The van der Waals surface area contributed by atoms with Crippen molar-refractivity contribution in [1.29, 1.82) is 0 Å². The van der Waals surface area contributed by atoms with Gasteiger partial charge in [-0.2, -0.15) is 0 Å². The van der Waals surface area contributed by atoms with Crippen molar-refractivity contribution < 1.29 is 9.53 Å². The van der Waals surface area contributed by atoms with Crippen molar-refractivity contribution in [2.75, 3.05) is 40.3 Å². The van der Waals surface area contributed by atoms with E-state index in [1.54, 1.807) is 7.11 Å². The summed E-state index contributed by atoms with van der Waals surface area (Å²) < 4.78 is 5.56. The fourth-order valence-corrected chi connectivity index (χ4v) is 6.12. The minimum Gasteiger partial charge on any atom is -0.497 e. The summed E-state index contributed by atoms with van der Waals surface area (Å²) in [6.45, 7) is 6.12. The zero-order valence-corrected chi connectivity index (χ0v) is 18.5. The molecular weight excluding hydrogens is 374 g/mol. The number of likely N-dealkylation sites (tertiary alicyclic amines) is 2. The van der Waals surface area contributed by atoms with Gasteiger partial charge in [0.25, 0.3) is 5.91 Å². The van der Waals surface area contributed by atoms with Gasteiger partial charge in [-0.15, -0.1) is 0 Å². The Morgan fingerprint density at radius 1 is 1.23 bits per heavy atom. The zero-order chi connectivity index (χ0) is 20.9. The normalized spacial score (nSPS) is 26.4. The molecule has 1 aromatic heterocycles. The Bertz CT molecular complexity index is 959. The molecule has 2 atom stereocenters. The molecule has 2 aromatic rings. The van der Waals surface area contributed by atoms with Crippen molar-refractivity contribution in [2.45, 2.75) is 44.4 Å². The third kappa shape index (κ3) is 3.06. The number of hydrogen-bond donors (Lipinski definition) is 1. The van der Waals surface area contributed by atoms with Gasteiger partial charge >= 0.3 is 0 Å². The predicted molar refractivity (Wildman–Crippen MR) is 118 cm³/mol. The van der Waals surface area contributed by atoms with Crippen molar-refractivity contribution >= 4 is 5.91 Å². The van der Waals surface area contributed by atoms with Crippen LogP contribution in [0, 0.1) is 12.8 Å². The van der Waals surface area contributed by atoms with E-state index in [4.69, 9.17) is 4.74 Å². The number of H-pyrrole nitrogens is 1. The molecule has 5 heteroatoms. The number of methoxy groups -OCH3 is 1. The predicted octanol–water partition coefficient (Wildman–Crippen LogP) is 3.56. The van der Waals surface area contributed by atoms with Gasteiger partial charge in [-0.3, -0.25) is 4.79 Å². The first-order chi connectivity index (χ1) is 14.5. The highest BCUT2D eigenvalue weighted by atomic mass is 16.5. The van der Waals surface area contributed by atoms with Crippen LogP contribution in [0.1, 0.15) is 52.1 Å². The van der Waals surface area contributed by atoms with E-state index in [0.717, 1.165) is 69.7 Å². The molecule has 2 fully saturated rings. The molecule has 2 aliphatic heterocycles. The Morgan fingerprint density at radius 2 is 2.03 bits per heavy atom. The van der Waals surface area contributed by atoms with Crippen LogP contribution in [0.4, 0.5) is 0 Å². The topological polar surface area (TPSA) is 48.6 Å². The van der Waals surface area contributed by atoms with Crippen molar-refractivity contribution in [3.63, 3.8) is 0 Å². The average molecular weight is 408 g/mol. The summed E-state index contributed by atoms with van der Waals surface area (Å²) in [6.07, 6.45) is 5.39. The van der Waals surface area contributed by atoms with Gasteiger partial charge in [-0.05, 0) is 87.4 Å². The number of carbonyl (C=O) groups is 1. The molecule has 1 amide bonds. The SMILES string of the molecule is COc1cccc([C@@]23CCN(C)C[C@H]2Cc2c([nH]c(C(=O)N4CCCC4)c2C)C3)c1. The Labute approximate surface area is 179 Å². The molecule has 30 heavy (non-hydrogen) atoms. The lowest BCUT2D eigenvalue weighted by molar-refractivity contribution is 0.0786. The van der Waals surface area contributed by atoms with Crippen molar-refractivity contribution in [3.8, 4) is 5.75 Å². The molecule has 2 saturated heterocycles. The maximum atomic E-state index is 13.2. The van der Waals surface area contributed by atoms with Gasteiger partial charge in [0.2, 0.25) is 0 Å². The number of amides is 1. The number of piperidine rings is 1. The van der Waals surface area contributed by atoms with Gasteiger partial charge in [0.1, 0.15) is 11.4 Å². The van der Waals surface area contributed by atoms with E-state index in [0.29, 0.717) is 5.92 Å². The van der Waals surface area contributed by atoms with Crippen molar-refractivity contribution in [1.82, 2.24) is 14.8 Å². The summed E-state index contributed by atoms with van der Waals surface area (Å²) >= 11 is 0. The number of carbonyl (C=O) groups excluding carboxylic acids is 1. The molecule has 5 nitrogen and oxygen atoms in total. The first kappa shape index (κ1) is 19.7. The molecule has 0 radical (unpaired) electrons. The minimum absolute atomic E-state index is 0.0965. The minimum atomic E-state index is 0.0965. The molecule has 3 heterocycles. The molecule has 0 spiro atoms. The maximum absolute atomic E-state index is 13.2. The van der Waals surface area contributed by atoms with Crippen LogP contribution in [-0.4, -0.2) is 61.0 Å². The third-order valence-corrected chi connectivity index (χ3v) is 7.92.